The standard InChI is InChI=1S/C23H27N5O2S2/c1-15(2)27-13-7-9-20(27)22-21(19-8-5-6-12-24-19)25-23(31)28(22)17-10-11-18(16(3)14-17)26-32(4,29)30/h5-15,21-22,26H,1-4H3,(H,25,31). The number of rotatable bonds is 6. The van der Waals surface area contributed by atoms with E-state index in [1.54, 1.807) is 12.3 Å². The summed E-state index contributed by atoms with van der Waals surface area (Å²) >= 11 is 5.79. The number of thiocarbonyl (C=S) groups is 1. The van der Waals surface area contributed by atoms with Crippen LogP contribution in [0.15, 0.2) is 60.9 Å². The molecule has 1 saturated heterocycles. The molecule has 1 aliphatic rings. The molecule has 4 rings (SSSR count). The molecule has 2 unspecified atom stereocenters. The minimum atomic E-state index is -3.36. The van der Waals surface area contributed by atoms with Gasteiger partial charge in [0, 0.05) is 29.8 Å². The van der Waals surface area contributed by atoms with E-state index in [2.05, 4.69) is 56.7 Å². The first-order chi connectivity index (χ1) is 15.2. The fourth-order valence-corrected chi connectivity index (χ4v) is 5.15. The van der Waals surface area contributed by atoms with E-state index < -0.39 is 10.0 Å². The van der Waals surface area contributed by atoms with Crippen LogP contribution in [0.2, 0.25) is 0 Å². The van der Waals surface area contributed by atoms with Gasteiger partial charge < -0.3 is 14.8 Å². The molecule has 2 aromatic heterocycles. The molecule has 3 heterocycles. The van der Waals surface area contributed by atoms with Crippen LogP contribution in [0.25, 0.3) is 0 Å². The maximum Gasteiger partial charge on any atom is 0.229 e. The zero-order valence-corrected chi connectivity index (χ0v) is 20.1. The van der Waals surface area contributed by atoms with Crippen LogP contribution >= 0.6 is 12.2 Å². The lowest BCUT2D eigenvalue weighted by molar-refractivity contribution is 0.497. The first-order valence-electron chi connectivity index (χ1n) is 10.4. The summed E-state index contributed by atoms with van der Waals surface area (Å²) < 4.78 is 28.2. The number of sulfonamides is 1. The van der Waals surface area contributed by atoms with Crippen molar-refractivity contribution in [3.05, 3.63) is 77.9 Å². The zero-order valence-electron chi connectivity index (χ0n) is 18.5. The number of nitrogens with zero attached hydrogens (tertiary/aromatic N) is 3. The van der Waals surface area contributed by atoms with E-state index in [0.29, 0.717) is 10.8 Å². The van der Waals surface area contributed by atoms with Gasteiger partial charge in [-0.1, -0.05) is 6.07 Å². The Morgan fingerprint density at radius 3 is 2.56 bits per heavy atom. The Hall–Kier alpha value is -2.91. The lowest BCUT2D eigenvalue weighted by Crippen LogP contribution is -2.30. The molecule has 2 atom stereocenters. The van der Waals surface area contributed by atoms with Gasteiger partial charge in [-0.15, -0.1) is 0 Å². The fraction of sp³-hybridized carbons (Fsp3) is 0.304. The molecule has 0 spiro atoms. The summed E-state index contributed by atoms with van der Waals surface area (Å²) in [4.78, 5) is 6.69. The van der Waals surface area contributed by atoms with Crippen molar-refractivity contribution in [2.45, 2.75) is 38.9 Å². The van der Waals surface area contributed by atoms with Crippen molar-refractivity contribution in [1.82, 2.24) is 14.9 Å². The van der Waals surface area contributed by atoms with Crippen molar-refractivity contribution in [2.24, 2.45) is 0 Å². The molecule has 1 aliphatic heterocycles. The van der Waals surface area contributed by atoms with Crippen molar-refractivity contribution in [3.8, 4) is 0 Å². The average Bonchev–Trinajstić information content (AvgIpc) is 3.33. The highest BCUT2D eigenvalue weighted by molar-refractivity contribution is 7.92. The van der Waals surface area contributed by atoms with E-state index in [1.165, 1.54) is 0 Å². The van der Waals surface area contributed by atoms with Gasteiger partial charge in [0.15, 0.2) is 5.11 Å². The van der Waals surface area contributed by atoms with Gasteiger partial charge in [-0.25, -0.2) is 8.42 Å². The van der Waals surface area contributed by atoms with Crippen molar-refractivity contribution >= 4 is 38.7 Å². The number of aromatic nitrogens is 2. The van der Waals surface area contributed by atoms with E-state index in [4.69, 9.17) is 12.2 Å². The summed E-state index contributed by atoms with van der Waals surface area (Å²) in [5.41, 5.74) is 4.29. The third-order valence-electron chi connectivity index (χ3n) is 5.55. The van der Waals surface area contributed by atoms with Crippen molar-refractivity contribution in [1.29, 1.82) is 0 Å². The van der Waals surface area contributed by atoms with Gasteiger partial charge in [-0.05, 0) is 81.0 Å². The fourth-order valence-electron chi connectivity index (χ4n) is 4.17. The first kappa shape index (κ1) is 22.3. The van der Waals surface area contributed by atoms with E-state index >= 15 is 0 Å². The summed E-state index contributed by atoms with van der Waals surface area (Å²) in [6.07, 6.45) is 5.02. The Morgan fingerprint density at radius 1 is 1.16 bits per heavy atom. The van der Waals surface area contributed by atoms with Gasteiger partial charge in [-0.2, -0.15) is 0 Å². The number of nitrogens with one attached hydrogen (secondary N) is 2. The van der Waals surface area contributed by atoms with Crippen LogP contribution in [0.5, 0.6) is 0 Å². The van der Waals surface area contributed by atoms with Gasteiger partial charge in [-0.3, -0.25) is 9.71 Å². The number of hydrogen-bond donors (Lipinski definition) is 2. The second-order valence-corrected chi connectivity index (χ2v) is 10.4. The molecule has 168 valence electrons. The Bertz CT molecular complexity index is 1240. The minimum absolute atomic E-state index is 0.122. The largest absolute Gasteiger partial charge is 0.351 e. The quantitative estimate of drug-likeness (QED) is 0.524. The third-order valence-corrected chi connectivity index (χ3v) is 6.46. The van der Waals surface area contributed by atoms with E-state index in [-0.39, 0.29) is 18.1 Å². The van der Waals surface area contributed by atoms with Gasteiger partial charge in [0.25, 0.3) is 0 Å². The molecule has 3 aromatic rings. The van der Waals surface area contributed by atoms with Gasteiger partial charge in [0.05, 0.1) is 23.7 Å². The molecule has 9 heteroatoms. The number of benzene rings is 1. The second-order valence-electron chi connectivity index (χ2n) is 8.30. The average molecular weight is 470 g/mol. The van der Waals surface area contributed by atoms with Crippen molar-refractivity contribution in [3.63, 3.8) is 0 Å². The highest BCUT2D eigenvalue weighted by Crippen LogP contribution is 2.42. The molecule has 0 radical (unpaired) electrons. The summed E-state index contributed by atoms with van der Waals surface area (Å²) in [6, 6.07) is 15.7. The number of hydrogen-bond acceptors (Lipinski definition) is 4. The van der Waals surface area contributed by atoms with Crippen LogP contribution < -0.4 is 14.9 Å². The van der Waals surface area contributed by atoms with Crippen molar-refractivity contribution in [2.75, 3.05) is 15.9 Å². The normalized spacial score (nSPS) is 18.8. The van der Waals surface area contributed by atoms with Crippen LogP contribution in [0.1, 0.15) is 48.9 Å². The highest BCUT2D eigenvalue weighted by Gasteiger charge is 2.42. The van der Waals surface area contributed by atoms with E-state index in [9.17, 15) is 8.42 Å². The SMILES string of the molecule is Cc1cc(N2C(=S)NC(c3ccccn3)C2c2cccn2C(C)C)ccc1NS(C)(=O)=O. The molecule has 0 amide bonds. The minimum Gasteiger partial charge on any atom is -0.351 e. The van der Waals surface area contributed by atoms with Crippen LogP contribution in [0, 0.1) is 6.92 Å². The smallest absolute Gasteiger partial charge is 0.229 e. The molecule has 0 bridgehead atoms. The Morgan fingerprint density at radius 2 is 1.94 bits per heavy atom. The zero-order chi connectivity index (χ0) is 23.0. The topological polar surface area (TPSA) is 79.3 Å². The van der Waals surface area contributed by atoms with Crippen molar-refractivity contribution < 1.29 is 8.42 Å². The molecule has 7 nitrogen and oxygen atoms in total. The Kier molecular flexibility index (Phi) is 5.96. The molecule has 0 aliphatic carbocycles. The van der Waals surface area contributed by atoms with Gasteiger partial charge in [0.1, 0.15) is 6.04 Å². The maximum atomic E-state index is 11.7. The number of pyridine rings is 1. The molecular formula is C23H27N5O2S2. The lowest BCUT2D eigenvalue weighted by atomic mass is 10.00. The summed E-state index contributed by atoms with van der Waals surface area (Å²) in [5, 5.41) is 4.07. The second kappa shape index (κ2) is 8.55. The maximum absolute atomic E-state index is 11.7. The summed E-state index contributed by atoms with van der Waals surface area (Å²) in [5.74, 6) is 0. The first-order valence-corrected chi connectivity index (χ1v) is 12.7. The molecule has 32 heavy (non-hydrogen) atoms. The number of anilines is 2. The molecule has 2 N–H and O–H groups in total. The van der Waals surface area contributed by atoms with Gasteiger partial charge in [0.2, 0.25) is 10.0 Å². The molecular weight excluding hydrogens is 442 g/mol. The lowest BCUT2D eigenvalue weighted by Gasteiger charge is -2.30. The third kappa shape index (κ3) is 4.35. The monoisotopic (exact) mass is 469 g/mol. The summed E-state index contributed by atoms with van der Waals surface area (Å²) in [7, 11) is -3.36. The highest BCUT2D eigenvalue weighted by atomic mass is 32.2. The van der Waals surface area contributed by atoms with Crippen LogP contribution in [0.3, 0.4) is 0 Å². The summed E-state index contributed by atoms with van der Waals surface area (Å²) in [6.45, 7) is 6.19. The van der Waals surface area contributed by atoms with Crippen LogP contribution in [-0.2, 0) is 10.0 Å². The Balaban J connectivity index is 1.82. The van der Waals surface area contributed by atoms with Crippen LogP contribution in [-0.4, -0.2) is 29.3 Å². The molecule has 1 aromatic carbocycles. The molecule has 1 fully saturated rings. The Labute approximate surface area is 194 Å². The van der Waals surface area contributed by atoms with Gasteiger partial charge >= 0.3 is 0 Å². The predicted octanol–water partition coefficient (Wildman–Crippen LogP) is 4.32. The van der Waals surface area contributed by atoms with E-state index in [1.807, 2.05) is 37.3 Å². The van der Waals surface area contributed by atoms with E-state index in [0.717, 1.165) is 28.9 Å². The number of aryl methyl sites for hydroxylation is 1. The predicted molar refractivity (Wildman–Crippen MR) is 132 cm³/mol. The van der Waals surface area contributed by atoms with Crippen LogP contribution in [0.4, 0.5) is 11.4 Å². The molecule has 0 saturated carbocycles.